The van der Waals surface area contributed by atoms with E-state index in [1.807, 2.05) is 63.2 Å². The smallest absolute Gasteiger partial charge is 0.407 e. The van der Waals surface area contributed by atoms with Crippen LogP contribution in [0, 0.1) is 23.2 Å². The van der Waals surface area contributed by atoms with Crippen LogP contribution in [0.3, 0.4) is 0 Å². The third kappa shape index (κ3) is 7.07. The van der Waals surface area contributed by atoms with Crippen molar-refractivity contribution >= 4 is 22.9 Å². The Labute approximate surface area is 218 Å². The van der Waals surface area contributed by atoms with E-state index in [0.29, 0.717) is 41.7 Å². The van der Waals surface area contributed by atoms with Gasteiger partial charge in [0.1, 0.15) is 5.60 Å². The summed E-state index contributed by atoms with van der Waals surface area (Å²) in [4.78, 5) is 30.0. The molecule has 37 heavy (non-hydrogen) atoms. The van der Waals surface area contributed by atoms with Gasteiger partial charge in [-0.2, -0.15) is 5.26 Å². The van der Waals surface area contributed by atoms with Crippen LogP contribution >= 0.6 is 0 Å². The van der Waals surface area contributed by atoms with Crippen molar-refractivity contribution in [3.63, 3.8) is 0 Å². The Morgan fingerprint density at radius 1 is 0.973 bits per heavy atom. The second-order valence-electron chi connectivity index (χ2n) is 10.7. The Hall–Kier alpha value is -3.92. The third-order valence-corrected chi connectivity index (χ3v) is 6.72. The van der Waals surface area contributed by atoms with E-state index in [1.165, 1.54) is 0 Å². The minimum Gasteiger partial charge on any atom is -0.444 e. The van der Waals surface area contributed by atoms with Crippen LogP contribution in [-0.4, -0.2) is 35.7 Å². The number of benzene rings is 2. The van der Waals surface area contributed by atoms with Crippen LogP contribution < -0.4 is 10.6 Å². The van der Waals surface area contributed by atoms with Crippen LogP contribution in [0.4, 0.5) is 4.79 Å². The number of hydrogen-bond donors (Lipinski definition) is 2. The maximum absolute atomic E-state index is 13.3. The summed E-state index contributed by atoms with van der Waals surface area (Å²) in [5, 5.41) is 15.9. The average Bonchev–Trinajstić information content (AvgIpc) is 2.89. The molecule has 1 aliphatic carbocycles. The van der Waals surface area contributed by atoms with Crippen LogP contribution in [0.15, 0.2) is 54.6 Å². The summed E-state index contributed by atoms with van der Waals surface area (Å²) in [6.07, 6.45) is 3.67. The number of hydrogen-bond acceptors (Lipinski definition) is 5. The first-order valence-electron chi connectivity index (χ1n) is 12.9. The lowest BCUT2D eigenvalue weighted by atomic mass is 9.82. The van der Waals surface area contributed by atoms with E-state index < -0.39 is 5.60 Å². The zero-order valence-electron chi connectivity index (χ0n) is 21.7. The van der Waals surface area contributed by atoms with Gasteiger partial charge in [0.2, 0.25) is 0 Å². The van der Waals surface area contributed by atoms with Gasteiger partial charge in [0, 0.05) is 24.0 Å². The molecule has 0 aliphatic heterocycles. The van der Waals surface area contributed by atoms with Gasteiger partial charge in [0.05, 0.1) is 28.4 Å². The van der Waals surface area contributed by atoms with Crippen LogP contribution in [0.1, 0.15) is 62.4 Å². The van der Waals surface area contributed by atoms with Crippen LogP contribution in [0.5, 0.6) is 0 Å². The summed E-state index contributed by atoms with van der Waals surface area (Å²) in [6, 6.07) is 18.8. The fourth-order valence-corrected chi connectivity index (χ4v) is 4.74. The van der Waals surface area contributed by atoms with E-state index in [-0.39, 0.29) is 12.0 Å². The number of fused-ring (bicyclic) bond motifs is 1. The van der Waals surface area contributed by atoms with Crippen molar-refractivity contribution in [2.75, 3.05) is 13.1 Å². The van der Waals surface area contributed by atoms with Crippen molar-refractivity contribution in [3.05, 3.63) is 65.7 Å². The number of nitrogens with one attached hydrogen (secondary N) is 2. The molecule has 1 heterocycles. The summed E-state index contributed by atoms with van der Waals surface area (Å²) in [6.45, 7) is 6.81. The van der Waals surface area contributed by atoms with Gasteiger partial charge >= 0.3 is 6.09 Å². The van der Waals surface area contributed by atoms with Crippen LogP contribution in [0.2, 0.25) is 0 Å². The molecule has 1 aliphatic rings. The topological polar surface area (TPSA) is 104 Å². The predicted molar refractivity (Wildman–Crippen MR) is 144 cm³/mol. The maximum atomic E-state index is 13.3. The molecule has 0 atom stereocenters. The Balaban J connectivity index is 1.36. The number of carbonyl (C=O) groups is 2. The molecule has 2 amide bonds. The summed E-state index contributed by atoms with van der Waals surface area (Å²) >= 11 is 0. The number of rotatable bonds is 6. The number of carbonyl (C=O) groups excluding carboxylic acids is 2. The van der Waals surface area contributed by atoms with E-state index in [4.69, 9.17) is 15.0 Å². The number of nitrogens with zero attached hydrogens (tertiary/aromatic N) is 2. The molecule has 0 saturated heterocycles. The summed E-state index contributed by atoms with van der Waals surface area (Å²) in [5.41, 5.74) is 3.00. The fraction of sp³-hybridized carbons (Fsp3) is 0.400. The molecular formula is C30H34N4O3. The standard InChI is InChI=1S/C30H34N4O3/c1-30(2,3)37-29(36)33-19-22-10-8-21(9-11-22)18-32-28(35)25-16-27(23-14-12-20(17-31)13-15-23)34-26-7-5-4-6-24(25)26/h4-7,12-16,21-22H,8-11,18-19H2,1-3H3,(H,32,35)(H,33,36). The largest absolute Gasteiger partial charge is 0.444 e. The summed E-state index contributed by atoms with van der Waals surface area (Å²) in [5.74, 6) is 0.730. The van der Waals surface area contributed by atoms with Gasteiger partial charge in [0.15, 0.2) is 0 Å². The second kappa shape index (κ2) is 11.4. The number of nitriles is 1. The molecule has 2 aromatic carbocycles. The number of para-hydroxylation sites is 1. The highest BCUT2D eigenvalue weighted by Crippen LogP contribution is 2.29. The number of alkyl carbamates (subject to hydrolysis) is 1. The molecule has 7 nitrogen and oxygen atoms in total. The van der Waals surface area contributed by atoms with Crippen molar-refractivity contribution < 1.29 is 14.3 Å². The van der Waals surface area contributed by atoms with Crippen molar-refractivity contribution in [1.82, 2.24) is 15.6 Å². The maximum Gasteiger partial charge on any atom is 0.407 e. The first-order chi connectivity index (χ1) is 17.7. The molecule has 0 radical (unpaired) electrons. The molecule has 4 rings (SSSR count). The van der Waals surface area contributed by atoms with E-state index in [9.17, 15) is 9.59 Å². The highest BCUT2D eigenvalue weighted by Gasteiger charge is 2.24. The molecule has 0 bridgehead atoms. The molecule has 192 valence electrons. The molecule has 7 heteroatoms. The molecule has 2 N–H and O–H groups in total. The Kier molecular flexibility index (Phi) is 8.08. The zero-order chi connectivity index (χ0) is 26.4. The number of ether oxygens (including phenoxy) is 1. The lowest BCUT2D eigenvalue weighted by molar-refractivity contribution is 0.0512. The van der Waals surface area contributed by atoms with Crippen molar-refractivity contribution in [3.8, 4) is 17.3 Å². The molecule has 1 fully saturated rings. The fourth-order valence-electron chi connectivity index (χ4n) is 4.74. The number of aromatic nitrogens is 1. The van der Waals surface area contributed by atoms with Gasteiger partial charge in [-0.15, -0.1) is 0 Å². The molecule has 1 saturated carbocycles. The highest BCUT2D eigenvalue weighted by molar-refractivity contribution is 6.07. The first-order valence-corrected chi connectivity index (χ1v) is 12.9. The Bertz CT molecular complexity index is 1300. The van der Waals surface area contributed by atoms with Crippen molar-refractivity contribution in [1.29, 1.82) is 5.26 Å². The van der Waals surface area contributed by atoms with Gasteiger partial charge in [-0.05, 0) is 82.6 Å². The Morgan fingerprint density at radius 2 is 1.59 bits per heavy atom. The predicted octanol–water partition coefficient (Wildman–Crippen LogP) is 5.83. The molecular weight excluding hydrogens is 464 g/mol. The number of pyridine rings is 1. The lowest BCUT2D eigenvalue weighted by Crippen LogP contribution is -2.37. The molecule has 1 aromatic heterocycles. The number of amides is 2. The minimum absolute atomic E-state index is 0.109. The highest BCUT2D eigenvalue weighted by atomic mass is 16.6. The van der Waals surface area contributed by atoms with E-state index in [2.05, 4.69) is 16.7 Å². The SMILES string of the molecule is CC(C)(C)OC(=O)NCC1CCC(CNC(=O)c2cc(-c3ccc(C#N)cc3)nc3ccccc23)CC1. The van der Waals surface area contributed by atoms with Gasteiger partial charge in [0.25, 0.3) is 5.91 Å². The lowest BCUT2D eigenvalue weighted by Gasteiger charge is -2.29. The monoisotopic (exact) mass is 498 g/mol. The Morgan fingerprint density at radius 3 is 2.22 bits per heavy atom. The van der Waals surface area contributed by atoms with Gasteiger partial charge in [-0.1, -0.05) is 30.3 Å². The van der Waals surface area contributed by atoms with E-state index >= 15 is 0 Å². The first kappa shape index (κ1) is 26.2. The van der Waals surface area contributed by atoms with Crippen molar-refractivity contribution in [2.24, 2.45) is 11.8 Å². The third-order valence-electron chi connectivity index (χ3n) is 6.72. The molecule has 3 aromatic rings. The van der Waals surface area contributed by atoms with Gasteiger partial charge < -0.3 is 15.4 Å². The van der Waals surface area contributed by atoms with Gasteiger partial charge in [-0.25, -0.2) is 9.78 Å². The minimum atomic E-state index is -0.497. The second-order valence-corrected chi connectivity index (χ2v) is 10.7. The van der Waals surface area contributed by atoms with E-state index in [1.54, 1.807) is 12.1 Å². The van der Waals surface area contributed by atoms with E-state index in [0.717, 1.165) is 42.1 Å². The average molecular weight is 499 g/mol. The van der Waals surface area contributed by atoms with Crippen LogP contribution in [-0.2, 0) is 4.74 Å². The molecule has 0 unspecified atom stereocenters. The zero-order valence-corrected chi connectivity index (χ0v) is 21.7. The summed E-state index contributed by atoms with van der Waals surface area (Å²) < 4.78 is 5.32. The quantitative estimate of drug-likeness (QED) is 0.445. The van der Waals surface area contributed by atoms with Gasteiger partial charge in [-0.3, -0.25) is 4.79 Å². The summed E-state index contributed by atoms with van der Waals surface area (Å²) in [7, 11) is 0. The van der Waals surface area contributed by atoms with Crippen LogP contribution in [0.25, 0.3) is 22.2 Å². The van der Waals surface area contributed by atoms with Crippen molar-refractivity contribution in [2.45, 2.75) is 52.1 Å². The normalized spacial score (nSPS) is 17.6. The molecule has 0 spiro atoms.